The van der Waals surface area contributed by atoms with Crippen molar-refractivity contribution in [3.05, 3.63) is 0 Å². The summed E-state index contributed by atoms with van der Waals surface area (Å²) < 4.78 is 5.42. The van der Waals surface area contributed by atoms with Crippen molar-refractivity contribution in [2.24, 2.45) is 4.99 Å². The summed E-state index contributed by atoms with van der Waals surface area (Å²) in [6, 6.07) is 0. The smallest absolute Gasteiger partial charge is 0.242 e. The molecule has 1 rings (SSSR count). The van der Waals surface area contributed by atoms with Gasteiger partial charge in [-0.3, -0.25) is 9.69 Å². The molecule has 1 aliphatic rings. The van der Waals surface area contributed by atoms with E-state index in [4.69, 9.17) is 4.74 Å². The van der Waals surface area contributed by atoms with Crippen LogP contribution in [0.4, 0.5) is 0 Å². The van der Waals surface area contributed by atoms with Crippen molar-refractivity contribution in [3.63, 3.8) is 0 Å². The number of carbonyl (C=O) groups excluding carboxylic acids is 1. The molecule has 1 saturated heterocycles. The summed E-state index contributed by atoms with van der Waals surface area (Å²) in [4.78, 5) is 18.7. The highest BCUT2D eigenvalue weighted by atomic mass is 127. The zero-order valence-electron chi connectivity index (χ0n) is 16.6. The van der Waals surface area contributed by atoms with Gasteiger partial charge in [0.1, 0.15) is 6.54 Å². The summed E-state index contributed by atoms with van der Waals surface area (Å²) in [6.07, 6.45) is 0. The molecular formula is C17H36IN5O2. The number of guanidine groups is 1. The molecule has 0 spiro atoms. The predicted octanol–water partition coefficient (Wildman–Crippen LogP) is 1.19. The Balaban J connectivity index is 0.00000576. The first-order chi connectivity index (χ1) is 11.1. The first-order valence-corrected chi connectivity index (χ1v) is 8.80. The molecule has 1 aliphatic heterocycles. The van der Waals surface area contributed by atoms with Crippen LogP contribution in [0.1, 0.15) is 41.5 Å². The third-order valence-electron chi connectivity index (χ3n) is 3.80. The number of nitrogens with one attached hydrogen (secondary N) is 3. The lowest BCUT2D eigenvalue weighted by Crippen LogP contribution is -2.56. The number of morpholine rings is 1. The van der Waals surface area contributed by atoms with Crippen LogP contribution in [0.2, 0.25) is 0 Å². The van der Waals surface area contributed by atoms with Gasteiger partial charge < -0.3 is 20.7 Å². The zero-order valence-corrected chi connectivity index (χ0v) is 18.9. The molecule has 0 aromatic carbocycles. The number of ether oxygens (including phenoxy) is 1. The normalized spacial score (nSPS) is 16.8. The molecule has 0 unspecified atom stereocenters. The first kappa shape index (κ1) is 24.4. The fraction of sp³-hybridized carbons (Fsp3) is 0.882. The first-order valence-electron chi connectivity index (χ1n) is 8.80. The lowest BCUT2D eigenvalue weighted by Gasteiger charge is -2.41. The van der Waals surface area contributed by atoms with E-state index in [2.05, 4.69) is 39.7 Å². The number of amides is 1. The van der Waals surface area contributed by atoms with Gasteiger partial charge in [0.25, 0.3) is 0 Å². The fourth-order valence-electron chi connectivity index (χ4n) is 2.53. The van der Waals surface area contributed by atoms with Gasteiger partial charge in [-0.1, -0.05) is 0 Å². The van der Waals surface area contributed by atoms with Crippen LogP contribution in [0.5, 0.6) is 0 Å². The Kier molecular flexibility index (Phi) is 10.9. The summed E-state index contributed by atoms with van der Waals surface area (Å²) in [6.45, 7) is 17.4. The maximum Gasteiger partial charge on any atom is 0.242 e. The molecule has 7 nitrogen and oxygen atoms in total. The SMILES string of the molecule is CCNC(=NCC(=O)NC(C)(C)C)NCC(C)(C)N1CCOCC1.I. The van der Waals surface area contributed by atoms with E-state index in [1.54, 1.807) is 0 Å². The molecule has 0 aromatic heterocycles. The number of halogens is 1. The van der Waals surface area contributed by atoms with Gasteiger partial charge in [-0.05, 0) is 41.5 Å². The van der Waals surface area contributed by atoms with Crippen molar-refractivity contribution >= 4 is 35.8 Å². The summed E-state index contributed by atoms with van der Waals surface area (Å²) in [5, 5.41) is 9.46. The Bertz CT molecular complexity index is 429. The third kappa shape index (κ3) is 10.2. The summed E-state index contributed by atoms with van der Waals surface area (Å²) in [7, 11) is 0. The van der Waals surface area contributed by atoms with Crippen molar-refractivity contribution in [3.8, 4) is 0 Å². The third-order valence-corrected chi connectivity index (χ3v) is 3.80. The number of aliphatic imine (C=N–C) groups is 1. The van der Waals surface area contributed by atoms with Crippen molar-refractivity contribution < 1.29 is 9.53 Å². The van der Waals surface area contributed by atoms with Crippen molar-refractivity contribution in [2.45, 2.75) is 52.6 Å². The molecule has 1 heterocycles. The number of hydrogen-bond acceptors (Lipinski definition) is 4. The van der Waals surface area contributed by atoms with E-state index < -0.39 is 0 Å². The zero-order chi connectivity index (χ0) is 18.2. The van der Waals surface area contributed by atoms with Gasteiger partial charge in [0.05, 0.1) is 13.2 Å². The van der Waals surface area contributed by atoms with E-state index in [1.165, 1.54) is 0 Å². The minimum Gasteiger partial charge on any atom is -0.379 e. The molecule has 0 radical (unpaired) electrons. The summed E-state index contributed by atoms with van der Waals surface area (Å²) >= 11 is 0. The van der Waals surface area contributed by atoms with Crippen LogP contribution in [0, 0.1) is 0 Å². The van der Waals surface area contributed by atoms with E-state index in [9.17, 15) is 4.79 Å². The Morgan fingerprint density at radius 1 is 1.12 bits per heavy atom. The van der Waals surface area contributed by atoms with Crippen LogP contribution in [0.25, 0.3) is 0 Å². The summed E-state index contributed by atoms with van der Waals surface area (Å²) in [5.41, 5.74) is -0.246. The quantitative estimate of drug-likeness (QED) is 0.310. The molecule has 1 fully saturated rings. The van der Waals surface area contributed by atoms with E-state index in [-0.39, 0.29) is 47.5 Å². The molecule has 8 heteroatoms. The van der Waals surface area contributed by atoms with E-state index in [0.717, 1.165) is 39.4 Å². The van der Waals surface area contributed by atoms with Crippen LogP contribution < -0.4 is 16.0 Å². The molecule has 25 heavy (non-hydrogen) atoms. The van der Waals surface area contributed by atoms with Crippen molar-refractivity contribution in [2.75, 3.05) is 45.9 Å². The molecular weight excluding hydrogens is 433 g/mol. The van der Waals surface area contributed by atoms with Crippen LogP contribution in [0.15, 0.2) is 4.99 Å². The average Bonchev–Trinajstić information content (AvgIpc) is 2.49. The molecule has 1 amide bonds. The second-order valence-corrected chi connectivity index (χ2v) is 7.76. The second kappa shape index (κ2) is 11.2. The number of rotatable bonds is 6. The van der Waals surface area contributed by atoms with E-state index in [1.807, 2.05) is 27.7 Å². The molecule has 0 atom stereocenters. The predicted molar refractivity (Wildman–Crippen MR) is 114 cm³/mol. The standard InChI is InChI=1S/C17H35N5O2.HI/c1-7-18-15(19-12-14(23)21-16(2,3)4)20-13-17(5,6)22-8-10-24-11-9-22;/h7-13H2,1-6H3,(H,21,23)(H2,18,19,20);1H. The fourth-order valence-corrected chi connectivity index (χ4v) is 2.53. The van der Waals surface area contributed by atoms with Gasteiger partial charge in [-0.15, -0.1) is 24.0 Å². The highest BCUT2D eigenvalue weighted by molar-refractivity contribution is 14.0. The van der Waals surface area contributed by atoms with E-state index in [0.29, 0.717) is 5.96 Å². The monoisotopic (exact) mass is 469 g/mol. The molecule has 0 aromatic rings. The van der Waals surface area contributed by atoms with Gasteiger partial charge in [0.15, 0.2) is 5.96 Å². The van der Waals surface area contributed by atoms with Crippen molar-refractivity contribution in [1.29, 1.82) is 0 Å². The number of carbonyl (C=O) groups is 1. The van der Waals surface area contributed by atoms with Crippen LogP contribution in [-0.2, 0) is 9.53 Å². The molecule has 0 saturated carbocycles. The Labute approximate surface area is 169 Å². The molecule has 3 N–H and O–H groups in total. The number of nitrogens with zero attached hydrogens (tertiary/aromatic N) is 2. The minimum atomic E-state index is -0.239. The van der Waals surface area contributed by atoms with Gasteiger partial charge in [0, 0.05) is 37.3 Å². The van der Waals surface area contributed by atoms with E-state index >= 15 is 0 Å². The highest BCUT2D eigenvalue weighted by Crippen LogP contribution is 2.14. The Morgan fingerprint density at radius 3 is 2.24 bits per heavy atom. The molecule has 0 aliphatic carbocycles. The van der Waals surface area contributed by atoms with Gasteiger partial charge in [-0.25, -0.2) is 4.99 Å². The Hall–Kier alpha value is -0.610. The molecule has 148 valence electrons. The minimum absolute atomic E-state index is 0. The average molecular weight is 469 g/mol. The lowest BCUT2D eigenvalue weighted by atomic mass is 10.0. The number of hydrogen-bond donors (Lipinski definition) is 3. The molecule has 0 bridgehead atoms. The van der Waals surface area contributed by atoms with Crippen LogP contribution in [0.3, 0.4) is 0 Å². The van der Waals surface area contributed by atoms with Crippen LogP contribution in [-0.4, -0.2) is 73.8 Å². The van der Waals surface area contributed by atoms with Gasteiger partial charge >= 0.3 is 0 Å². The van der Waals surface area contributed by atoms with Gasteiger partial charge in [0.2, 0.25) is 5.91 Å². The maximum atomic E-state index is 11.9. The lowest BCUT2D eigenvalue weighted by molar-refractivity contribution is -0.121. The van der Waals surface area contributed by atoms with Crippen LogP contribution >= 0.6 is 24.0 Å². The Morgan fingerprint density at radius 2 is 1.72 bits per heavy atom. The van der Waals surface area contributed by atoms with Gasteiger partial charge in [-0.2, -0.15) is 0 Å². The largest absolute Gasteiger partial charge is 0.379 e. The maximum absolute atomic E-state index is 11.9. The highest BCUT2D eigenvalue weighted by Gasteiger charge is 2.28. The van der Waals surface area contributed by atoms with Crippen molar-refractivity contribution in [1.82, 2.24) is 20.9 Å². The summed E-state index contributed by atoms with van der Waals surface area (Å²) in [5.74, 6) is 0.593. The topological polar surface area (TPSA) is 78.0 Å². The second-order valence-electron chi connectivity index (χ2n) is 7.76.